The molecule has 0 aliphatic heterocycles. The molecule has 1 heterocycles. The minimum Gasteiger partial charge on any atom is -0.370 e. The summed E-state index contributed by atoms with van der Waals surface area (Å²) in [6, 6.07) is 5.30. The number of pyridine rings is 1. The third-order valence-electron chi connectivity index (χ3n) is 2.48. The maximum atomic E-state index is 11.8. The standard InChI is InChI=1S/C13H21N3O2S/c1-3-8-14-12-7-5-6-11(16-12)13(17)15-9-10-19(18)4-2/h5-7H,3-4,8-10H2,1-2H3,(H,14,16)(H,15,17). The predicted octanol–water partition coefficient (Wildman–Crippen LogP) is 1.40. The Kier molecular flexibility index (Phi) is 7.10. The highest BCUT2D eigenvalue weighted by molar-refractivity contribution is 7.84. The normalized spacial score (nSPS) is 11.9. The first-order valence-corrected chi connectivity index (χ1v) is 8.00. The molecule has 1 rings (SSSR count). The van der Waals surface area contributed by atoms with Crippen LogP contribution in [0.25, 0.3) is 0 Å². The number of aromatic nitrogens is 1. The van der Waals surface area contributed by atoms with Crippen LogP contribution in [0.5, 0.6) is 0 Å². The topological polar surface area (TPSA) is 71.1 Å². The lowest BCUT2D eigenvalue weighted by Crippen LogP contribution is -2.28. The van der Waals surface area contributed by atoms with E-state index in [4.69, 9.17) is 0 Å². The summed E-state index contributed by atoms with van der Waals surface area (Å²) in [5.41, 5.74) is 0.378. The van der Waals surface area contributed by atoms with Crippen molar-refractivity contribution in [3.8, 4) is 0 Å². The van der Waals surface area contributed by atoms with Gasteiger partial charge in [0.25, 0.3) is 5.91 Å². The van der Waals surface area contributed by atoms with Gasteiger partial charge in [-0.2, -0.15) is 0 Å². The van der Waals surface area contributed by atoms with Crippen molar-refractivity contribution in [1.29, 1.82) is 0 Å². The van der Waals surface area contributed by atoms with Crippen LogP contribution in [0.1, 0.15) is 30.8 Å². The van der Waals surface area contributed by atoms with Crippen LogP contribution in [0, 0.1) is 0 Å². The number of hydrogen-bond donors (Lipinski definition) is 2. The molecule has 19 heavy (non-hydrogen) atoms. The molecule has 106 valence electrons. The molecule has 1 atom stereocenters. The van der Waals surface area contributed by atoms with E-state index in [9.17, 15) is 9.00 Å². The predicted molar refractivity (Wildman–Crippen MR) is 78.9 cm³/mol. The third-order valence-corrected chi connectivity index (χ3v) is 3.78. The first-order valence-electron chi connectivity index (χ1n) is 6.51. The summed E-state index contributed by atoms with van der Waals surface area (Å²) < 4.78 is 11.2. The summed E-state index contributed by atoms with van der Waals surface area (Å²) in [4.78, 5) is 16.1. The van der Waals surface area contributed by atoms with E-state index in [0.29, 0.717) is 29.6 Å². The molecular weight excluding hydrogens is 262 g/mol. The Morgan fingerprint density at radius 3 is 2.79 bits per heavy atom. The van der Waals surface area contributed by atoms with Gasteiger partial charge in [-0.15, -0.1) is 0 Å². The monoisotopic (exact) mass is 283 g/mol. The van der Waals surface area contributed by atoms with Gasteiger partial charge in [0, 0.05) is 35.4 Å². The molecule has 1 aromatic rings. The van der Waals surface area contributed by atoms with Crippen molar-refractivity contribution in [3.63, 3.8) is 0 Å². The number of rotatable bonds is 8. The van der Waals surface area contributed by atoms with Gasteiger partial charge in [-0.1, -0.05) is 19.9 Å². The number of hydrogen-bond acceptors (Lipinski definition) is 4. The van der Waals surface area contributed by atoms with Crippen LogP contribution < -0.4 is 10.6 Å². The number of anilines is 1. The second-order valence-corrected chi connectivity index (χ2v) is 5.89. The number of nitrogens with one attached hydrogen (secondary N) is 2. The maximum Gasteiger partial charge on any atom is 0.269 e. The lowest BCUT2D eigenvalue weighted by molar-refractivity contribution is 0.0951. The minimum atomic E-state index is -0.856. The van der Waals surface area contributed by atoms with E-state index in [1.165, 1.54) is 0 Å². The highest BCUT2D eigenvalue weighted by Gasteiger charge is 2.07. The first kappa shape index (κ1) is 15.6. The van der Waals surface area contributed by atoms with Crippen molar-refractivity contribution in [3.05, 3.63) is 23.9 Å². The average molecular weight is 283 g/mol. The Morgan fingerprint density at radius 1 is 1.32 bits per heavy atom. The van der Waals surface area contributed by atoms with E-state index in [2.05, 4.69) is 22.5 Å². The van der Waals surface area contributed by atoms with E-state index in [1.807, 2.05) is 13.0 Å². The number of carbonyl (C=O) groups is 1. The summed E-state index contributed by atoms with van der Waals surface area (Å²) in [5, 5.41) is 5.86. The van der Waals surface area contributed by atoms with E-state index in [1.54, 1.807) is 12.1 Å². The Bertz CT molecular complexity index is 438. The molecule has 0 radical (unpaired) electrons. The van der Waals surface area contributed by atoms with Gasteiger partial charge in [0.2, 0.25) is 0 Å². The zero-order valence-corrected chi connectivity index (χ0v) is 12.3. The molecule has 0 fully saturated rings. The van der Waals surface area contributed by atoms with E-state index >= 15 is 0 Å². The summed E-state index contributed by atoms with van der Waals surface area (Å²) in [5.74, 6) is 1.57. The fourth-order valence-corrected chi connectivity index (χ4v) is 2.04. The number of nitrogens with zero attached hydrogens (tertiary/aromatic N) is 1. The molecule has 2 N–H and O–H groups in total. The zero-order valence-electron chi connectivity index (χ0n) is 11.4. The van der Waals surface area contributed by atoms with Crippen LogP contribution >= 0.6 is 0 Å². The molecule has 0 aliphatic rings. The SMILES string of the molecule is CCCNc1cccc(C(=O)NCCS(=O)CC)n1. The number of carbonyl (C=O) groups excluding carboxylic acids is 1. The molecule has 0 aromatic carbocycles. The lowest BCUT2D eigenvalue weighted by Gasteiger charge is -2.07. The van der Waals surface area contributed by atoms with Crippen LogP contribution in [0.15, 0.2) is 18.2 Å². The third kappa shape index (κ3) is 5.83. The summed E-state index contributed by atoms with van der Waals surface area (Å²) in [7, 11) is -0.856. The maximum absolute atomic E-state index is 11.8. The Balaban J connectivity index is 2.49. The van der Waals surface area contributed by atoms with Crippen LogP contribution in [0.4, 0.5) is 5.82 Å². The summed E-state index contributed by atoms with van der Waals surface area (Å²) >= 11 is 0. The lowest BCUT2D eigenvalue weighted by atomic mass is 10.3. The molecular formula is C13H21N3O2S. The van der Waals surface area contributed by atoms with Crippen molar-refractivity contribution in [2.75, 3.05) is 29.9 Å². The Morgan fingerprint density at radius 2 is 2.11 bits per heavy atom. The quantitative estimate of drug-likeness (QED) is 0.756. The van der Waals surface area contributed by atoms with Crippen LogP contribution in [-0.4, -0.2) is 39.7 Å². The van der Waals surface area contributed by atoms with Gasteiger partial charge in [0.1, 0.15) is 11.5 Å². The molecule has 1 aromatic heterocycles. The molecule has 1 unspecified atom stereocenters. The van der Waals surface area contributed by atoms with Crippen LogP contribution in [0.2, 0.25) is 0 Å². The highest BCUT2D eigenvalue weighted by atomic mass is 32.2. The van der Waals surface area contributed by atoms with Crippen molar-refractivity contribution < 1.29 is 9.00 Å². The smallest absolute Gasteiger partial charge is 0.269 e. The molecule has 1 amide bonds. The number of amides is 1. The summed E-state index contributed by atoms with van der Waals surface area (Å²) in [6.07, 6.45) is 1.00. The van der Waals surface area contributed by atoms with Gasteiger partial charge in [-0.3, -0.25) is 9.00 Å². The molecule has 5 nitrogen and oxygen atoms in total. The fraction of sp³-hybridized carbons (Fsp3) is 0.538. The second kappa shape index (κ2) is 8.63. The van der Waals surface area contributed by atoms with E-state index in [-0.39, 0.29) is 5.91 Å². The van der Waals surface area contributed by atoms with Gasteiger partial charge in [-0.25, -0.2) is 4.98 Å². The van der Waals surface area contributed by atoms with Crippen molar-refractivity contribution in [2.24, 2.45) is 0 Å². The largest absolute Gasteiger partial charge is 0.370 e. The highest BCUT2D eigenvalue weighted by Crippen LogP contribution is 2.04. The minimum absolute atomic E-state index is 0.228. The second-order valence-electron chi connectivity index (χ2n) is 4.02. The Hall–Kier alpha value is -1.43. The van der Waals surface area contributed by atoms with Gasteiger partial charge >= 0.3 is 0 Å². The Labute approximate surface area is 116 Å². The average Bonchev–Trinajstić information content (AvgIpc) is 2.45. The molecule has 0 saturated carbocycles. The summed E-state index contributed by atoms with van der Waals surface area (Å²) in [6.45, 7) is 5.17. The molecule has 0 bridgehead atoms. The first-order chi connectivity index (χ1) is 9.17. The molecule has 0 spiro atoms. The van der Waals surface area contributed by atoms with Crippen molar-refractivity contribution >= 4 is 22.5 Å². The zero-order chi connectivity index (χ0) is 14.1. The van der Waals surface area contributed by atoms with Crippen molar-refractivity contribution in [2.45, 2.75) is 20.3 Å². The van der Waals surface area contributed by atoms with Crippen molar-refractivity contribution in [1.82, 2.24) is 10.3 Å². The van der Waals surface area contributed by atoms with E-state index in [0.717, 1.165) is 13.0 Å². The molecule has 0 aliphatic carbocycles. The van der Waals surface area contributed by atoms with Gasteiger partial charge in [-0.05, 0) is 18.6 Å². The van der Waals surface area contributed by atoms with Gasteiger partial charge < -0.3 is 10.6 Å². The fourth-order valence-electron chi connectivity index (χ4n) is 1.43. The van der Waals surface area contributed by atoms with Gasteiger partial charge in [0.05, 0.1) is 0 Å². The van der Waals surface area contributed by atoms with E-state index < -0.39 is 10.8 Å². The molecule has 0 saturated heterocycles. The molecule has 6 heteroatoms. The van der Waals surface area contributed by atoms with Gasteiger partial charge in [0.15, 0.2) is 0 Å². The van der Waals surface area contributed by atoms with Crippen LogP contribution in [0.3, 0.4) is 0 Å². The van der Waals surface area contributed by atoms with Crippen LogP contribution in [-0.2, 0) is 10.8 Å².